The SMILES string of the molecule is O=C(NC(c1ccccc1)C1CCOC1)C(=O)N1CC(Cc2ccccc2C(F)(F)F)C1. The molecule has 0 radical (unpaired) electrons. The van der Waals surface area contributed by atoms with Crippen LogP contribution in [0.1, 0.15) is 29.2 Å². The number of hydrogen-bond acceptors (Lipinski definition) is 3. The van der Waals surface area contributed by atoms with Crippen LogP contribution in [0.15, 0.2) is 54.6 Å². The maximum absolute atomic E-state index is 13.2. The van der Waals surface area contributed by atoms with Crippen LogP contribution >= 0.6 is 0 Å². The van der Waals surface area contributed by atoms with Gasteiger partial charge in [0.05, 0.1) is 18.2 Å². The van der Waals surface area contributed by atoms with Crippen LogP contribution in [0.5, 0.6) is 0 Å². The smallest absolute Gasteiger partial charge is 0.381 e. The molecule has 170 valence electrons. The number of nitrogens with zero attached hydrogens (tertiary/aromatic N) is 1. The number of benzene rings is 2. The van der Waals surface area contributed by atoms with Crippen molar-refractivity contribution in [2.75, 3.05) is 26.3 Å². The van der Waals surface area contributed by atoms with E-state index in [1.807, 2.05) is 30.3 Å². The average molecular weight is 446 g/mol. The van der Waals surface area contributed by atoms with Gasteiger partial charge in [-0.3, -0.25) is 9.59 Å². The van der Waals surface area contributed by atoms with Crippen molar-refractivity contribution in [3.63, 3.8) is 0 Å². The number of hydrogen-bond donors (Lipinski definition) is 1. The van der Waals surface area contributed by atoms with Gasteiger partial charge in [-0.2, -0.15) is 13.2 Å². The number of halogens is 3. The minimum absolute atomic E-state index is 0.0807. The van der Waals surface area contributed by atoms with E-state index in [4.69, 9.17) is 4.74 Å². The molecule has 0 saturated carbocycles. The van der Waals surface area contributed by atoms with Crippen molar-refractivity contribution in [2.24, 2.45) is 11.8 Å². The normalized spacial score (nSPS) is 20.0. The summed E-state index contributed by atoms with van der Waals surface area (Å²) in [6.45, 7) is 1.66. The molecule has 1 N–H and O–H groups in total. The monoisotopic (exact) mass is 446 g/mol. The summed E-state index contributed by atoms with van der Waals surface area (Å²) in [5, 5.41) is 2.86. The van der Waals surface area contributed by atoms with Crippen LogP contribution in [-0.2, 0) is 26.9 Å². The Morgan fingerprint density at radius 1 is 1.06 bits per heavy atom. The van der Waals surface area contributed by atoms with Gasteiger partial charge in [0.15, 0.2) is 0 Å². The minimum atomic E-state index is -4.41. The lowest BCUT2D eigenvalue weighted by molar-refractivity contribution is -0.150. The summed E-state index contributed by atoms with van der Waals surface area (Å²) in [4.78, 5) is 26.7. The van der Waals surface area contributed by atoms with Gasteiger partial charge >= 0.3 is 18.0 Å². The van der Waals surface area contributed by atoms with Crippen LogP contribution in [0, 0.1) is 11.8 Å². The van der Waals surface area contributed by atoms with E-state index in [0.29, 0.717) is 13.2 Å². The zero-order valence-electron chi connectivity index (χ0n) is 17.5. The third-order valence-corrected chi connectivity index (χ3v) is 6.15. The Balaban J connectivity index is 1.35. The maximum atomic E-state index is 13.2. The maximum Gasteiger partial charge on any atom is 0.416 e. The second kappa shape index (κ2) is 9.32. The number of likely N-dealkylation sites (tertiary alicyclic amines) is 1. The second-order valence-electron chi connectivity index (χ2n) is 8.42. The Bertz CT molecular complexity index is 952. The van der Waals surface area contributed by atoms with Crippen LogP contribution in [0.3, 0.4) is 0 Å². The molecule has 2 saturated heterocycles. The van der Waals surface area contributed by atoms with Gasteiger partial charge in [-0.1, -0.05) is 48.5 Å². The Morgan fingerprint density at radius 3 is 2.41 bits per heavy atom. The predicted octanol–water partition coefficient (Wildman–Crippen LogP) is 3.60. The zero-order valence-corrected chi connectivity index (χ0v) is 17.5. The number of alkyl halides is 3. The number of rotatable bonds is 5. The topological polar surface area (TPSA) is 58.6 Å². The summed E-state index contributed by atoms with van der Waals surface area (Å²) < 4.78 is 45.0. The highest BCUT2D eigenvalue weighted by Gasteiger charge is 2.38. The van der Waals surface area contributed by atoms with Crippen molar-refractivity contribution in [3.05, 3.63) is 71.3 Å². The largest absolute Gasteiger partial charge is 0.416 e. The number of carbonyl (C=O) groups excluding carboxylic acids is 2. The highest BCUT2D eigenvalue weighted by Crippen LogP contribution is 2.34. The molecule has 2 aromatic rings. The lowest BCUT2D eigenvalue weighted by Gasteiger charge is -2.39. The van der Waals surface area contributed by atoms with Crippen LogP contribution in [0.2, 0.25) is 0 Å². The van der Waals surface area contributed by atoms with Crippen molar-refractivity contribution >= 4 is 11.8 Å². The molecule has 2 aliphatic heterocycles. The van der Waals surface area contributed by atoms with Crippen LogP contribution in [-0.4, -0.2) is 43.0 Å². The molecule has 2 amide bonds. The van der Waals surface area contributed by atoms with Crippen molar-refractivity contribution in [2.45, 2.75) is 25.1 Å². The van der Waals surface area contributed by atoms with Gasteiger partial charge in [-0.05, 0) is 36.0 Å². The summed E-state index contributed by atoms with van der Waals surface area (Å²) in [7, 11) is 0. The molecule has 2 aromatic carbocycles. The van der Waals surface area contributed by atoms with Crippen LogP contribution in [0.4, 0.5) is 13.2 Å². The number of amides is 2. The Morgan fingerprint density at radius 2 is 1.75 bits per heavy atom. The van der Waals surface area contributed by atoms with E-state index in [9.17, 15) is 22.8 Å². The molecule has 2 fully saturated rings. The first-order valence-electron chi connectivity index (χ1n) is 10.7. The highest BCUT2D eigenvalue weighted by atomic mass is 19.4. The molecule has 2 atom stereocenters. The highest BCUT2D eigenvalue weighted by molar-refractivity contribution is 6.35. The molecule has 2 aliphatic rings. The minimum Gasteiger partial charge on any atom is -0.381 e. The van der Waals surface area contributed by atoms with Gasteiger partial charge in [-0.15, -0.1) is 0 Å². The van der Waals surface area contributed by atoms with Gasteiger partial charge in [0, 0.05) is 25.6 Å². The average Bonchev–Trinajstić information content (AvgIpc) is 3.28. The van der Waals surface area contributed by atoms with Crippen molar-refractivity contribution in [1.82, 2.24) is 10.2 Å². The van der Waals surface area contributed by atoms with Crippen molar-refractivity contribution in [1.29, 1.82) is 0 Å². The van der Waals surface area contributed by atoms with Gasteiger partial charge in [0.2, 0.25) is 0 Å². The van der Waals surface area contributed by atoms with E-state index in [0.717, 1.165) is 18.1 Å². The fourth-order valence-corrected chi connectivity index (χ4v) is 4.45. The molecule has 5 nitrogen and oxygen atoms in total. The Labute approximate surface area is 184 Å². The molecule has 0 aliphatic carbocycles. The summed E-state index contributed by atoms with van der Waals surface area (Å²) in [5.74, 6) is -1.37. The van der Waals surface area contributed by atoms with Gasteiger partial charge in [0.25, 0.3) is 0 Å². The third kappa shape index (κ3) is 4.96. The molecule has 2 unspecified atom stereocenters. The Hall–Kier alpha value is -2.87. The van der Waals surface area contributed by atoms with Gasteiger partial charge in [0.1, 0.15) is 0 Å². The standard InChI is InChI=1S/C24H25F3N2O3/c25-24(26,27)20-9-5-4-8-18(20)12-16-13-29(14-16)23(31)22(30)28-21(19-10-11-32-15-19)17-6-2-1-3-7-17/h1-9,16,19,21H,10-15H2,(H,28,30). The summed E-state index contributed by atoms with van der Waals surface area (Å²) >= 11 is 0. The predicted molar refractivity (Wildman–Crippen MR) is 111 cm³/mol. The van der Waals surface area contributed by atoms with E-state index in [2.05, 4.69) is 5.32 Å². The lowest BCUT2D eigenvalue weighted by atomic mass is 9.89. The van der Waals surface area contributed by atoms with E-state index in [1.165, 1.54) is 17.0 Å². The number of nitrogens with one attached hydrogen (secondary N) is 1. The second-order valence-corrected chi connectivity index (χ2v) is 8.42. The molecule has 0 aromatic heterocycles. The molecule has 0 bridgehead atoms. The lowest BCUT2D eigenvalue weighted by Crippen LogP contribution is -2.55. The Kier molecular flexibility index (Phi) is 6.50. The molecule has 0 spiro atoms. The molecule has 8 heteroatoms. The van der Waals surface area contributed by atoms with Crippen LogP contribution < -0.4 is 5.32 Å². The molecular weight excluding hydrogens is 421 g/mol. The molecule has 4 rings (SSSR count). The zero-order chi connectivity index (χ0) is 22.7. The third-order valence-electron chi connectivity index (χ3n) is 6.15. The van der Waals surface area contributed by atoms with Crippen molar-refractivity contribution in [3.8, 4) is 0 Å². The van der Waals surface area contributed by atoms with E-state index in [-0.39, 0.29) is 43.0 Å². The van der Waals surface area contributed by atoms with Crippen molar-refractivity contribution < 1.29 is 27.5 Å². The quantitative estimate of drug-likeness (QED) is 0.714. The van der Waals surface area contributed by atoms with E-state index < -0.39 is 23.6 Å². The van der Waals surface area contributed by atoms with Gasteiger partial charge < -0.3 is 15.0 Å². The molecule has 2 heterocycles. The number of ether oxygens (including phenoxy) is 1. The molecule has 32 heavy (non-hydrogen) atoms. The first kappa shape index (κ1) is 22.3. The van der Waals surface area contributed by atoms with Crippen LogP contribution in [0.25, 0.3) is 0 Å². The fraction of sp³-hybridized carbons (Fsp3) is 0.417. The fourth-order valence-electron chi connectivity index (χ4n) is 4.45. The van der Waals surface area contributed by atoms with Gasteiger partial charge in [-0.25, -0.2) is 0 Å². The first-order chi connectivity index (χ1) is 15.3. The molecular formula is C24H25F3N2O3. The summed E-state index contributed by atoms with van der Waals surface area (Å²) in [5.41, 5.74) is 0.480. The summed E-state index contributed by atoms with van der Waals surface area (Å²) in [6.07, 6.45) is -3.41. The first-order valence-corrected chi connectivity index (χ1v) is 10.7. The van der Waals surface area contributed by atoms with E-state index in [1.54, 1.807) is 6.07 Å². The summed E-state index contributed by atoms with van der Waals surface area (Å²) in [6, 6.07) is 14.6. The number of carbonyl (C=O) groups is 2. The van der Waals surface area contributed by atoms with E-state index >= 15 is 0 Å².